The third kappa shape index (κ3) is 6.14. The number of ether oxygens (including phenoxy) is 2. The van der Waals surface area contributed by atoms with Gasteiger partial charge in [-0.1, -0.05) is 44.5 Å². The van der Waals surface area contributed by atoms with E-state index in [1.807, 2.05) is 39.0 Å². The second-order valence-corrected chi connectivity index (χ2v) is 12.3. The lowest BCUT2D eigenvalue weighted by Gasteiger charge is -2.31. The van der Waals surface area contributed by atoms with Crippen molar-refractivity contribution in [3.8, 4) is 17.2 Å². The smallest absolute Gasteiger partial charge is 0.266 e. The van der Waals surface area contributed by atoms with Gasteiger partial charge in [0.25, 0.3) is 10.0 Å². The van der Waals surface area contributed by atoms with Crippen molar-refractivity contribution >= 4 is 33.1 Å². The number of anilines is 2. The summed E-state index contributed by atoms with van der Waals surface area (Å²) in [7, 11) is -0.565. The Hall–Kier alpha value is -3.08. The van der Waals surface area contributed by atoms with Crippen molar-refractivity contribution in [3.63, 3.8) is 0 Å². The maximum atomic E-state index is 14.0. The highest BCUT2D eigenvalue weighted by molar-refractivity contribution is 7.93. The fraction of sp³-hybridized carbons (Fsp3) is 0.407. The van der Waals surface area contributed by atoms with Crippen molar-refractivity contribution in [2.75, 3.05) is 50.0 Å². The van der Waals surface area contributed by atoms with Crippen LogP contribution in [0, 0.1) is 0 Å². The first-order valence-corrected chi connectivity index (χ1v) is 14.3. The van der Waals surface area contributed by atoms with Gasteiger partial charge >= 0.3 is 0 Å². The van der Waals surface area contributed by atoms with Gasteiger partial charge < -0.3 is 19.3 Å². The molecule has 0 unspecified atom stereocenters. The van der Waals surface area contributed by atoms with Crippen molar-refractivity contribution < 1.29 is 17.9 Å². The monoisotopic (exact) mass is 559 g/mol. The summed E-state index contributed by atoms with van der Waals surface area (Å²) in [6, 6.07) is 10.6. The SMILES string of the molecule is COc1ccccc1Oc1c(C(C)(C)C)cc(N2CCCN(C)CC2)c(S(=O)(=O)Nc2ccncn2)c1Cl. The van der Waals surface area contributed by atoms with Gasteiger partial charge in [0, 0.05) is 31.4 Å². The molecular formula is C27H34ClN5O4S. The number of sulfonamides is 1. The molecule has 0 radical (unpaired) electrons. The molecule has 11 heteroatoms. The third-order valence-electron chi connectivity index (χ3n) is 6.40. The molecule has 1 aliphatic heterocycles. The first-order valence-electron chi connectivity index (χ1n) is 12.4. The third-order valence-corrected chi connectivity index (χ3v) is 8.30. The van der Waals surface area contributed by atoms with E-state index < -0.39 is 15.4 Å². The molecule has 2 heterocycles. The minimum atomic E-state index is -4.18. The molecule has 38 heavy (non-hydrogen) atoms. The maximum Gasteiger partial charge on any atom is 0.266 e. The van der Waals surface area contributed by atoms with Crippen LogP contribution in [0.25, 0.3) is 0 Å². The molecule has 0 amide bonds. The molecule has 1 aromatic heterocycles. The Morgan fingerprint density at radius 1 is 1.05 bits per heavy atom. The summed E-state index contributed by atoms with van der Waals surface area (Å²) < 4.78 is 42.3. The number of nitrogens with one attached hydrogen (secondary N) is 1. The minimum Gasteiger partial charge on any atom is -0.493 e. The van der Waals surface area contributed by atoms with Crippen molar-refractivity contribution in [1.29, 1.82) is 0 Å². The van der Waals surface area contributed by atoms with Crippen LogP contribution in [0.3, 0.4) is 0 Å². The Morgan fingerprint density at radius 3 is 2.45 bits per heavy atom. The number of rotatable bonds is 7. The summed E-state index contributed by atoms with van der Waals surface area (Å²) in [4.78, 5) is 12.2. The van der Waals surface area contributed by atoms with Crippen molar-refractivity contribution in [2.45, 2.75) is 37.5 Å². The number of para-hydroxylation sites is 2. The molecule has 0 atom stereocenters. The van der Waals surface area contributed by atoms with E-state index in [-0.39, 0.29) is 21.5 Å². The lowest BCUT2D eigenvalue weighted by molar-refractivity contribution is 0.360. The van der Waals surface area contributed by atoms with Gasteiger partial charge in [0.2, 0.25) is 0 Å². The van der Waals surface area contributed by atoms with Crippen LogP contribution in [0.1, 0.15) is 32.8 Å². The highest BCUT2D eigenvalue weighted by atomic mass is 35.5. The molecule has 1 N–H and O–H groups in total. The van der Waals surface area contributed by atoms with E-state index in [9.17, 15) is 8.42 Å². The lowest BCUT2D eigenvalue weighted by atomic mass is 9.85. The second kappa shape index (κ2) is 11.3. The molecule has 1 saturated heterocycles. The molecule has 0 saturated carbocycles. The number of hydrogen-bond acceptors (Lipinski definition) is 8. The highest BCUT2D eigenvalue weighted by Gasteiger charge is 2.34. The van der Waals surface area contributed by atoms with Crippen LogP contribution < -0.4 is 19.1 Å². The highest BCUT2D eigenvalue weighted by Crippen LogP contribution is 2.48. The van der Waals surface area contributed by atoms with Gasteiger partial charge in [0.15, 0.2) is 17.2 Å². The van der Waals surface area contributed by atoms with Gasteiger partial charge in [0.1, 0.15) is 22.1 Å². The molecular weight excluding hydrogens is 526 g/mol. The minimum absolute atomic E-state index is 0.00233. The summed E-state index contributed by atoms with van der Waals surface area (Å²) in [5.74, 6) is 1.34. The topological polar surface area (TPSA) is 96.9 Å². The van der Waals surface area contributed by atoms with Crippen molar-refractivity contribution in [3.05, 3.63) is 59.5 Å². The number of nitrogens with zero attached hydrogens (tertiary/aromatic N) is 4. The zero-order valence-electron chi connectivity index (χ0n) is 22.4. The average molecular weight is 560 g/mol. The normalized spacial score (nSPS) is 15.2. The summed E-state index contributed by atoms with van der Waals surface area (Å²) >= 11 is 7.06. The van der Waals surface area contributed by atoms with Crippen LogP contribution in [0.4, 0.5) is 11.5 Å². The quantitative estimate of drug-likeness (QED) is 0.423. The summed E-state index contributed by atoms with van der Waals surface area (Å²) in [6.45, 7) is 9.18. The van der Waals surface area contributed by atoms with Crippen molar-refractivity contribution in [1.82, 2.24) is 14.9 Å². The molecule has 2 aromatic carbocycles. The summed E-state index contributed by atoms with van der Waals surface area (Å²) in [5.41, 5.74) is 0.895. The molecule has 1 aliphatic rings. The van der Waals surface area contributed by atoms with E-state index in [4.69, 9.17) is 21.1 Å². The fourth-order valence-corrected chi connectivity index (χ4v) is 6.22. The standard InChI is InChI=1S/C27H34ClN5O4S/c1-27(2,3)19-17-20(33-14-8-13-32(4)15-16-33)26(38(34,35)31-23-11-12-29-18-30-23)24(28)25(19)37-22-10-7-6-9-21(22)36-5/h6-7,9-12,17-18H,8,13-16H2,1-5H3,(H,29,30,31). The summed E-state index contributed by atoms with van der Waals surface area (Å²) in [5, 5.41) is -0.00233. The van der Waals surface area contributed by atoms with Crippen LogP contribution in [-0.4, -0.2) is 63.6 Å². The molecule has 0 spiro atoms. The van der Waals surface area contributed by atoms with Gasteiger partial charge in [-0.3, -0.25) is 4.72 Å². The molecule has 4 rings (SSSR count). The fourth-order valence-electron chi connectivity index (χ4n) is 4.39. The van der Waals surface area contributed by atoms with Gasteiger partial charge in [-0.05, 0) is 49.7 Å². The van der Waals surface area contributed by atoms with Crippen LogP contribution in [0.5, 0.6) is 17.2 Å². The molecule has 204 valence electrons. The predicted octanol–water partition coefficient (Wildman–Crippen LogP) is 5.17. The van der Waals surface area contributed by atoms with Crippen molar-refractivity contribution in [2.24, 2.45) is 0 Å². The first kappa shape index (κ1) is 27.9. The number of hydrogen-bond donors (Lipinski definition) is 1. The zero-order valence-corrected chi connectivity index (χ0v) is 23.9. The predicted molar refractivity (Wildman–Crippen MR) is 150 cm³/mol. The van der Waals surface area contributed by atoms with E-state index in [1.54, 1.807) is 19.2 Å². The van der Waals surface area contributed by atoms with E-state index in [1.165, 1.54) is 18.6 Å². The molecule has 9 nitrogen and oxygen atoms in total. The molecule has 1 fully saturated rings. The van der Waals surface area contributed by atoms with Gasteiger partial charge in [-0.2, -0.15) is 0 Å². The Balaban J connectivity index is 1.96. The second-order valence-electron chi connectivity index (χ2n) is 10.3. The number of likely N-dealkylation sites (N-methyl/N-ethyl adjacent to an activating group) is 1. The number of benzene rings is 2. The largest absolute Gasteiger partial charge is 0.493 e. The number of aromatic nitrogens is 2. The van der Waals surface area contributed by atoms with E-state index >= 15 is 0 Å². The molecule has 0 aliphatic carbocycles. The van der Waals surface area contributed by atoms with Crippen LogP contribution in [-0.2, 0) is 15.4 Å². The van der Waals surface area contributed by atoms with Gasteiger partial charge in [-0.25, -0.2) is 18.4 Å². The molecule has 3 aromatic rings. The number of methoxy groups -OCH3 is 1. The Bertz CT molecular complexity index is 1380. The van der Waals surface area contributed by atoms with Gasteiger partial charge in [0.05, 0.1) is 12.8 Å². The van der Waals surface area contributed by atoms with E-state index in [0.29, 0.717) is 30.3 Å². The summed E-state index contributed by atoms with van der Waals surface area (Å²) in [6.07, 6.45) is 3.64. The maximum absolute atomic E-state index is 14.0. The Kier molecular flexibility index (Phi) is 8.34. The van der Waals surface area contributed by atoms with E-state index in [0.717, 1.165) is 25.1 Å². The van der Waals surface area contributed by atoms with Crippen LogP contribution >= 0.6 is 11.6 Å². The lowest BCUT2D eigenvalue weighted by Crippen LogP contribution is -2.31. The Morgan fingerprint density at radius 2 is 1.79 bits per heavy atom. The van der Waals surface area contributed by atoms with Crippen LogP contribution in [0.2, 0.25) is 5.02 Å². The number of halogens is 1. The zero-order chi connectivity index (χ0) is 27.5. The molecule has 0 bridgehead atoms. The Labute approximate surface area is 229 Å². The first-order chi connectivity index (χ1) is 18.0. The van der Waals surface area contributed by atoms with E-state index in [2.05, 4.69) is 31.5 Å². The van der Waals surface area contributed by atoms with Gasteiger partial charge in [-0.15, -0.1) is 0 Å². The van der Waals surface area contributed by atoms with Crippen LogP contribution in [0.15, 0.2) is 53.8 Å². The average Bonchev–Trinajstić information content (AvgIpc) is 3.09.